The molecule has 0 bridgehead atoms. The molecule has 0 radical (unpaired) electrons. The van der Waals surface area contributed by atoms with Crippen LogP contribution in [0.3, 0.4) is 0 Å². The molecular weight excluding hydrogens is 220 g/mol. The van der Waals surface area contributed by atoms with Crippen LogP contribution in [0.25, 0.3) is 11.0 Å². The van der Waals surface area contributed by atoms with E-state index < -0.39 is 0 Å². The highest BCUT2D eigenvalue weighted by molar-refractivity contribution is 5.88. The Morgan fingerprint density at radius 3 is 2.71 bits per heavy atom. The Balaban J connectivity index is 2.99. The summed E-state index contributed by atoms with van der Waals surface area (Å²) in [4.78, 5) is 11.8. The van der Waals surface area contributed by atoms with Crippen LogP contribution in [0.1, 0.15) is 11.3 Å². The molecule has 88 valence electrons. The number of aryl methyl sites for hydroxylation is 1. The number of rotatable bonds is 2. The smallest absolute Gasteiger partial charge is 0.196 e. The van der Waals surface area contributed by atoms with E-state index in [2.05, 4.69) is 6.58 Å². The standard InChI is InChI=1S/C13H12O4/c1-3-4-8-9(14)6-11(16)12-10(15)5-7(2)17-13(8)12/h3,5-6,14,16H,1,4H2,2H3. The summed E-state index contributed by atoms with van der Waals surface area (Å²) in [6, 6.07) is 2.45. The predicted molar refractivity (Wildman–Crippen MR) is 64.5 cm³/mol. The number of hydrogen-bond donors (Lipinski definition) is 2. The molecule has 4 heteroatoms. The van der Waals surface area contributed by atoms with Crippen molar-refractivity contribution in [3.8, 4) is 11.5 Å². The van der Waals surface area contributed by atoms with Crippen molar-refractivity contribution in [2.45, 2.75) is 13.3 Å². The van der Waals surface area contributed by atoms with Gasteiger partial charge in [-0.25, -0.2) is 0 Å². The molecule has 0 amide bonds. The lowest BCUT2D eigenvalue weighted by Gasteiger charge is -2.08. The number of phenolic OH excluding ortho intramolecular Hbond substituents is 2. The Hall–Kier alpha value is -2.23. The molecule has 0 saturated carbocycles. The molecule has 17 heavy (non-hydrogen) atoms. The van der Waals surface area contributed by atoms with Crippen LogP contribution in [-0.2, 0) is 6.42 Å². The molecule has 0 unspecified atom stereocenters. The van der Waals surface area contributed by atoms with Crippen molar-refractivity contribution in [3.05, 3.63) is 46.3 Å². The van der Waals surface area contributed by atoms with Gasteiger partial charge in [-0.1, -0.05) is 6.08 Å². The molecule has 1 aromatic heterocycles. The summed E-state index contributed by atoms with van der Waals surface area (Å²) in [5.74, 6) is 0.0422. The summed E-state index contributed by atoms with van der Waals surface area (Å²) in [7, 11) is 0. The quantitative estimate of drug-likeness (QED) is 0.779. The third-order valence-corrected chi connectivity index (χ3v) is 2.53. The number of allylic oxidation sites excluding steroid dienone is 1. The topological polar surface area (TPSA) is 70.7 Å². The fraction of sp³-hybridized carbons (Fsp3) is 0.154. The van der Waals surface area contributed by atoms with Gasteiger partial charge in [0.05, 0.1) is 0 Å². The molecule has 0 fully saturated rings. The molecule has 0 saturated heterocycles. The molecule has 2 aromatic rings. The molecule has 0 atom stereocenters. The largest absolute Gasteiger partial charge is 0.507 e. The van der Waals surface area contributed by atoms with Gasteiger partial charge in [0.1, 0.15) is 28.2 Å². The van der Waals surface area contributed by atoms with Gasteiger partial charge in [0.2, 0.25) is 0 Å². The number of benzene rings is 1. The first kappa shape index (κ1) is 11.3. The van der Waals surface area contributed by atoms with Gasteiger partial charge in [0.15, 0.2) is 5.43 Å². The van der Waals surface area contributed by atoms with Gasteiger partial charge in [0.25, 0.3) is 0 Å². The van der Waals surface area contributed by atoms with Crippen molar-refractivity contribution < 1.29 is 14.6 Å². The number of hydrogen-bond acceptors (Lipinski definition) is 4. The van der Waals surface area contributed by atoms with Crippen LogP contribution in [0.15, 0.2) is 34.0 Å². The monoisotopic (exact) mass is 232 g/mol. The summed E-state index contributed by atoms with van der Waals surface area (Å²) in [6.45, 7) is 5.22. The van der Waals surface area contributed by atoms with E-state index >= 15 is 0 Å². The Bertz CT molecular complexity index is 652. The van der Waals surface area contributed by atoms with E-state index in [1.807, 2.05) is 0 Å². The first-order valence-electron chi connectivity index (χ1n) is 5.13. The average Bonchev–Trinajstić information content (AvgIpc) is 2.22. The first-order chi connectivity index (χ1) is 8.04. The molecule has 1 heterocycles. The van der Waals surface area contributed by atoms with E-state index in [1.165, 1.54) is 6.07 Å². The van der Waals surface area contributed by atoms with E-state index in [1.54, 1.807) is 13.0 Å². The zero-order valence-corrected chi connectivity index (χ0v) is 9.36. The molecule has 2 rings (SSSR count). The van der Waals surface area contributed by atoms with Crippen LogP contribution >= 0.6 is 0 Å². The molecule has 0 spiro atoms. The highest BCUT2D eigenvalue weighted by Gasteiger charge is 2.15. The highest BCUT2D eigenvalue weighted by atomic mass is 16.3. The van der Waals surface area contributed by atoms with Gasteiger partial charge in [-0.15, -0.1) is 6.58 Å². The fourth-order valence-electron chi connectivity index (χ4n) is 1.81. The number of fused-ring (bicyclic) bond motifs is 1. The minimum atomic E-state index is -0.327. The van der Waals surface area contributed by atoms with Gasteiger partial charge in [0, 0.05) is 17.7 Å². The zero-order valence-electron chi connectivity index (χ0n) is 9.36. The van der Waals surface area contributed by atoms with Crippen molar-refractivity contribution >= 4 is 11.0 Å². The lowest BCUT2D eigenvalue weighted by Crippen LogP contribution is -2.02. The minimum Gasteiger partial charge on any atom is -0.507 e. The fourth-order valence-corrected chi connectivity index (χ4v) is 1.81. The third-order valence-electron chi connectivity index (χ3n) is 2.53. The lowest BCUT2D eigenvalue weighted by atomic mass is 10.1. The maximum absolute atomic E-state index is 11.8. The van der Waals surface area contributed by atoms with Gasteiger partial charge < -0.3 is 14.6 Å². The molecule has 0 aliphatic rings. The summed E-state index contributed by atoms with van der Waals surface area (Å²) in [6.07, 6.45) is 1.95. The number of aromatic hydroxyl groups is 2. The predicted octanol–water partition coefficient (Wildman–Crippen LogP) is 2.24. The van der Waals surface area contributed by atoms with Gasteiger partial charge in [-0.3, -0.25) is 4.79 Å². The number of phenols is 2. The van der Waals surface area contributed by atoms with Crippen molar-refractivity contribution in [3.63, 3.8) is 0 Å². The molecule has 4 nitrogen and oxygen atoms in total. The van der Waals surface area contributed by atoms with Gasteiger partial charge in [-0.2, -0.15) is 0 Å². The van der Waals surface area contributed by atoms with Crippen LogP contribution in [0.4, 0.5) is 0 Å². The van der Waals surface area contributed by atoms with Crippen LogP contribution in [0.5, 0.6) is 11.5 Å². The molecule has 2 N–H and O–H groups in total. The van der Waals surface area contributed by atoms with Crippen LogP contribution in [-0.4, -0.2) is 10.2 Å². The Morgan fingerprint density at radius 2 is 2.06 bits per heavy atom. The second kappa shape index (κ2) is 3.97. The van der Waals surface area contributed by atoms with E-state index in [-0.39, 0.29) is 27.9 Å². The Kier molecular flexibility index (Phi) is 2.63. The van der Waals surface area contributed by atoms with Crippen LogP contribution in [0.2, 0.25) is 0 Å². The molecule has 0 aliphatic carbocycles. The van der Waals surface area contributed by atoms with Crippen molar-refractivity contribution in [2.75, 3.05) is 0 Å². The maximum Gasteiger partial charge on any atom is 0.196 e. The van der Waals surface area contributed by atoms with Crippen LogP contribution in [0, 0.1) is 6.92 Å². The second-order valence-electron chi connectivity index (χ2n) is 3.81. The third kappa shape index (κ3) is 1.78. The second-order valence-corrected chi connectivity index (χ2v) is 3.81. The van der Waals surface area contributed by atoms with Crippen molar-refractivity contribution in [1.29, 1.82) is 0 Å². The Labute approximate surface area is 97.4 Å². The molecule has 0 aliphatic heterocycles. The Morgan fingerprint density at radius 1 is 1.35 bits per heavy atom. The summed E-state index contributed by atoms with van der Waals surface area (Å²) in [5.41, 5.74) is 0.340. The lowest BCUT2D eigenvalue weighted by molar-refractivity contribution is 0.447. The maximum atomic E-state index is 11.8. The zero-order chi connectivity index (χ0) is 12.6. The average molecular weight is 232 g/mol. The van der Waals surface area contributed by atoms with E-state index in [0.29, 0.717) is 17.7 Å². The summed E-state index contributed by atoms with van der Waals surface area (Å²) in [5, 5.41) is 19.5. The van der Waals surface area contributed by atoms with Crippen molar-refractivity contribution in [2.24, 2.45) is 0 Å². The molecular formula is C13H12O4. The summed E-state index contributed by atoms with van der Waals surface area (Å²) >= 11 is 0. The summed E-state index contributed by atoms with van der Waals surface area (Å²) < 4.78 is 5.42. The van der Waals surface area contributed by atoms with Crippen LogP contribution < -0.4 is 5.43 Å². The van der Waals surface area contributed by atoms with E-state index in [0.717, 1.165) is 6.07 Å². The highest BCUT2D eigenvalue weighted by Crippen LogP contribution is 2.33. The minimum absolute atomic E-state index is 0.0882. The SMILES string of the molecule is C=CCc1c(O)cc(O)c2c(=O)cc(C)oc12. The van der Waals surface area contributed by atoms with Crippen molar-refractivity contribution in [1.82, 2.24) is 0 Å². The van der Waals surface area contributed by atoms with E-state index in [9.17, 15) is 15.0 Å². The van der Waals surface area contributed by atoms with Gasteiger partial charge in [-0.05, 0) is 13.3 Å². The van der Waals surface area contributed by atoms with E-state index in [4.69, 9.17) is 4.42 Å². The first-order valence-corrected chi connectivity index (χ1v) is 5.13. The molecule has 1 aromatic carbocycles. The van der Waals surface area contributed by atoms with Gasteiger partial charge >= 0.3 is 0 Å². The normalized spacial score (nSPS) is 10.6.